The third-order valence-electron chi connectivity index (χ3n) is 5.56. The molecule has 3 heterocycles. The van der Waals surface area contributed by atoms with Crippen molar-refractivity contribution >= 4 is 22.8 Å². The zero-order valence-corrected chi connectivity index (χ0v) is 19.4. The Kier molecular flexibility index (Phi) is 6.38. The van der Waals surface area contributed by atoms with E-state index < -0.39 is 18.5 Å². The number of anilines is 2. The van der Waals surface area contributed by atoms with E-state index in [2.05, 4.69) is 35.7 Å². The summed E-state index contributed by atoms with van der Waals surface area (Å²) in [4.78, 5) is 17.2. The fourth-order valence-corrected chi connectivity index (χ4v) is 3.70. The van der Waals surface area contributed by atoms with Gasteiger partial charge in [-0.2, -0.15) is 23.3 Å². The molecule has 0 aliphatic heterocycles. The van der Waals surface area contributed by atoms with Crippen molar-refractivity contribution in [2.45, 2.75) is 19.1 Å². The van der Waals surface area contributed by atoms with Crippen LogP contribution in [0.5, 0.6) is 0 Å². The van der Waals surface area contributed by atoms with Crippen molar-refractivity contribution in [3.05, 3.63) is 84.7 Å². The number of rotatable bonds is 7. The molecule has 0 fully saturated rings. The second-order valence-electron chi connectivity index (χ2n) is 8.23. The van der Waals surface area contributed by atoms with Gasteiger partial charge in [0, 0.05) is 5.56 Å². The monoisotopic (exact) mass is 508 g/mol. The predicted molar refractivity (Wildman–Crippen MR) is 131 cm³/mol. The van der Waals surface area contributed by atoms with Gasteiger partial charge in [-0.05, 0) is 61.0 Å². The molecule has 5 aromatic rings. The Hall–Kier alpha value is -4.61. The molecule has 0 aliphatic rings. The molecular formula is C25H20F4N8. The highest BCUT2D eigenvalue weighted by molar-refractivity contribution is 5.88. The smallest absolute Gasteiger partial charge is 0.359 e. The molecule has 37 heavy (non-hydrogen) atoms. The van der Waals surface area contributed by atoms with Gasteiger partial charge in [0.05, 0.1) is 22.9 Å². The highest BCUT2D eigenvalue weighted by atomic mass is 19.4. The van der Waals surface area contributed by atoms with Gasteiger partial charge in [0.2, 0.25) is 5.95 Å². The molecule has 2 N–H and O–H groups in total. The van der Waals surface area contributed by atoms with E-state index in [1.165, 1.54) is 18.5 Å². The summed E-state index contributed by atoms with van der Waals surface area (Å²) in [6.45, 7) is 0.594. The summed E-state index contributed by atoms with van der Waals surface area (Å²) in [7, 11) is 0. The maximum atomic E-state index is 13.3. The fourth-order valence-electron chi connectivity index (χ4n) is 3.70. The largest absolute Gasteiger partial charge is 0.405 e. The number of aromatic nitrogens is 6. The topological polar surface area (TPSA) is 93.4 Å². The van der Waals surface area contributed by atoms with Crippen LogP contribution in [0.15, 0.2) is 73.3 Å². The maximum absolute atomic E-state index is 13.3. The number of hydrogen-bond acceptors (Lipinski definition) is 7. The molecule has 188 valence electrons. The van der Waals surface area contributed by atoms with Crippen LogP contribution in [0.25, 0.3) is 28.0 Å². The van der Waals surface area contributed by atoms with E-state index in [0.29, 0.717) is 16.8 Å². The summed E-state index contributed by atoms with van der Waals surface area (Å²) < 4.78 is 53.9. The Morgan fingerprint density at radius 3 is 2.35 bits per heavy atom. The van der Waals surface area contributed by atoms with Crippen molar-refractivity contribution in [2.75, 3.05) is 17.2 Å². The first-order valence-electron chi connectivity index (χ1n) is 11.2. The SMILES string of the molecule is CC(Nc1nc(NCC(F)(F)F)c2nc(-c3ccc(F)cc3)ccc2n1)c1ccc(-n2cncn2)cc1. The van der Waals surface area contributed by atoms with Crippen molar-refractivity contribution in [1.82, 2.24) is 29.7 Å². The van der Waals surface area contributed by atoms with Gasteiger partial charge in [0.15, 0.2) is 5.82 Å². The second-order valence-corrected chi connectivity index (χ2v) is 8.23. The molecule has 0 saturated heterocycles. The molecule has 12 heteroatoms. The Morgan fingerprint density at radius 2 is 1.68 bits per heavy atom. The van der Waals surface area contributed by atoms with Gasteiger partial charge in [-0.1, -0.05) is 12.1 Å². The van der Waals surface area contributed by atoms with Crippen LogP contribution in [0.2, 0.25) is 0 Å². The lowest BCUT2D eigenvalue weighted by atomic mass is 10.1. The lowest BCUT2D eigenvalue weighted by Gasteiger charge is -2.17. The van der Waals surface area contributed by atoms with Crippen LogP contribution in [0, 0.1) is 5.82 Å². The van der Waals surface area contributed by atoms with Crippen LogP contribution in [0.1, 0.15) is 18.5 Å². The summed E-state index contributed by atoms with van der Waals surface area (Å²) in [5, 5.41) is 9.58. The maximum Gasteiger partial charge on any atom is 0.405 e. The Bertz CT molecular complexity index is 1500. The van der Waals surface area contributed by atoms with Gasteiger partial charge < -0.3 is 10.6 Å². The van der Waals surface area contributed by atoms with Crippen molar-refractivity contribution in [3.8, 4) is 16.9 Å². The number of hydrogen-bond donors (Lipinski definition) is 2. The van der Waals surface area contributed by atoms with E-state index in [4.69, 9.17) is 0 Å². The zero-order chi connectivity index (χ0) is 26.0. The van der Waals surface area contributed by atoms with Gasteiger partial charge in [0.1, 0.15) is 30.5 Å². The quantitative estimate of drug-likeness (QED) is 0.278. The lowest BCUT2D eigenvalue weighted by molar-refractivity contribution is -0.115. The minimum absolute atomic E-state index is 0.0671. The van der Waals surface area contributed by atoms with Gasteiger partial charge in [-0.25, -0.2) is 24.0 Å². The van der Waals surface area contributed by atoms with Gasteiger partial charge in [-0.15, -0.1) is 0 Å². The molecule has 0 radical (unpaired) electrons. The molecule has 8 nitrogen and oxygen atoms in total. The number of halogens is 4. The number of alkyl halides is 3. The molecule has 0 spiro atoms. The third-order valence-corrected chi connectivity index (χ3v) is 5.56. The molecule has 1 unspecified atom stereocenters. The molecule has 1 atom stereocenters. The summed E-state index contributed by atoms with van der Waals surface area (Å²) in [5.74, 6) is -0.331. The number of fused-ring (bicyclic) bond motifs is 1. The summed E-state index contributed by atoms with van der Waals surface area (Å²) in [5.41, 5.74) is 3.31. The van der Waals surface area contributed by atoms with E-state index in [-0.39, 0.29) is 23.3 Å². The predicted octanol–water partition coefficient (Wildman–Crippen LogP) is 5.56. The van der Waals surface area contributed by atoms with Crippen LogP contribution in [0.3, 0.4) is 0 Å². The van der Waals surface area contributed by atoms with Crippen molar-refractivity contribution in [2.24, 2.45) is 0 Å². The normalized spacial score (nSPS) is 12.5. The first-order chi connectivity index (χ1) is 17.7. The standard InChI is InChI=1S/C25H20F4N8/c1-15(16-4-8-19(9-5-16)37-14-30-13-32-37)33-24-35-21-11-10-20(17-2-6-18(26)7-3-17)34-22(21)23(36-24)31-12-25(27,28)29/h2-11,13-15H,12H2,1H3,(H2,31,33,35,36). The average molecular weight is 508 g/mol. The van der Waals surface area contributed by atoms with Crippen LogP contribution >= 0.6 is 0 Å². The van der Waals surface area contributed by atoms with Crippen LogP contribution < -0.4 is 10.6 Å². The zero-order valence-electron chi connectivity index (χ0n) is 19.4. The third kappa shape index (κ3) is 5.63. The van der Waals surface area contributed by atoms with Gasteiger partial charge in [-0.3, -0.25) is 0 Å². The summed E-state index contributed by atoms with van der Waals surface area (Å²) in [6, 6.07) is 16.3. The Morgan fingerprint density at radius 1 is 0.919 bits per heavy atom. The van der Waals surface area contributed by atoms with Gasteiger partial charge in [0.25, 0.3) is 0 Å². The van der Waals surface area contributed by atoms with Crippen LogP contribution in [-0.4, -0.2) is 42.4 Å². The van der Waals surface area contributed by atoms with E-state index >= 15 is 0 Å². The molecule has 2 aromatic carbocycles. The molecule has 0 bridgehead atoms. The lowest BCUT2D eigenvalue weighted by Crippen LogP contribution is -2.22. The molecule has 3 aromatic heterocycles. The van der Waals surface area contributed by atoms with Crippen LogP contribution in [0.4, 0.5) is 29.3 Å². The minimum atomic E-state index is -4.46. The first kappa shape index (κ1) is 24.1. The van der Waals surface area contributed by atoms with E-state index in [1.54, 1.807) is 35.3 Å². The average Bonchev–Trinajstić information content (AvgIpc) is 3.42. The summed E-state index contributed by atoms with van der Waals surface area (Å²) >= 11 is 0. The highest BCUT2D eigenvalue weighted by Crippen LogP contribution is 2.28. The van der Waals surface area contributed by atoms with Crippen molar-refractivity contribution < 1.29 is 17.6 Å². The molecule has 0 amide bonds. The molecular weight excluding hydrogens is 488 g/mol. The van der Waals surface area contributed by atoms with Gasteiger partial charge >= 0.3 is 6.18 Å². The first-order valence-corrected chi connectivity index (χ1v) is 11.2. The Labute approximate surface area is 208 Å². The fraction of sp³-hybridized carbons (Fsp3) is 0.160. The molecule has 0 aliphatic carbocycles. The minimum Gasteiger partial charge on any atom is -0.359 e. The number of nitrogens with one attached hydrogen (secondary N) is 2. The Balaban J connectivity index is 1.45. The molecule has 5 rings (SSSR count). The number of nitrogens with zero attached hydrogens (tertiary/aromatic N) is 6. The second kappa shape index (κ2) is 9.80. The number of benzene rings is 2. The highest BCUT2D eigenvalue weighted by Gasteiger charge is 2.27. The van der Waals surface area contributed by atoms with Crippen molar-refractivity contribution in [3.63, 3.8) is 0 Å². The van der Waals surface area contributed by atoms with Crippen LogP contribution in [-0.2, 0) is 0 Å². The van der Waals surface area contributed by atoms with E-state index in [1.807, 2.05) is 31.2 Å². The van der Waals surface area contributed by atoms with Crippen molar-refractivity contribution in [1.29, 1.82) is 0 Å². The summed E-state index contributed by atoms with van der Waals surface area (Å²) in [6.07, 6.45) is -1.43. The number of pyridine rings is 1. The van der Waals surface area contributed by atoms with E-state index in [9.17, 15) is 17.6 Å². The molecule has 0 saturated carbocycles. The van der Waals surface area contributed by atoms with E-state index in [0.717, 1.165) is 11.3 Å².